The topological polar surface area (TPSA) is 45.5 Å². The number of anilines is 1. The molecule has 1 aromatic heterocycles. The van der Waals surface area contributed by atoms with Crippen molar-refractivity contribution < 1.29 is 9.90 Å². The Morgan fingerprint density at radius 1 is 1.35 bits per heavy atom. The summed E-state index contributed by atoms with van der Waals surface area (Å²) in [4.78, 5) is 14.3. The van der Waals surface area contributed by atoms with E-state index in [-0.39, 0.29) is 11.7 Å². The van der Waals surface area contributed by atoms with Gasteiger partial charge in [0.25, 0.3) is 5.91 Å². The summed E-state index contributed by atoms with van der Waals surface area (Å²) in [6, 6.07) is 8.55. The number of carbonyl (C=O) groups is 1. The van der Waals surface area contributed by atoms with Gasteiger partial charge in [-0.3, -0.25) is 4.79 Å². The second-order valence-corrected chi connectivity index (χ2v) is 5.31. The van der Waals surface area contributed by atoms with E-state index in [1.165, 1.54) is 0 Å². The molecule has 0 atom stereocenters. The largest absolute Gasteiger partial charge is 0.508 e. The Bertz CT molecular complexity index is 622. The SMILES string of the molecule is CCN(C(=O)c1cc(Br)cn1CC)c1cccc(O)c1. The molecule has 2 rings (SSSR count). The van der Waals surface area contributed by atoms with E-state index in [0.717, 1.165) is 11.0 Å². The molecule has 0 spiro atoms. The van der Waals surface area contributed by atoms with Gasteiger partial charge in [-0.05, 0) is 48.0 Å². The van der Waals surface area contributed by atoms with Gasteiger partial charge in [0.2, 0.25) is 0 Å². The Kier molecular flexibility index (Phi) is 4.49. The van der Waals surface area contributed by atoms with Crippen molar-refractivity contribution >= 4 is 27.5 Å². The van der Waals surface area contributed by atoms with Crippen LogP contribution in [0, 0.1) is 0 Å². The van der Waals surface area contributed by atoms with Crippen molar-refractivity contribution in [3.8, 4) is 5.75 Å². The van der Waals surface area contributed by atoms with Crippen LogP contribution in [-0.4, -0.2) is 22.1 Å². The van der Waals surface area contributed by atoms with Crippen LogP contribution in [-0.2, 0) is 6.54 Å². The monoisotopic (exact) mass is 336 g/mol. The summed E-state index contributed by atoms with van der Waals surface area (Å²) in [6.07, 6.45) is 1.89. The number of benzene rings is 1. The number of hydrogen-bond acceptors (Lipinski definition) is 2. The third-order valence-corrected chi connectivity index (χ3v) is 3.56. The zero-order valence-corrected chi connectivity index (χ0v) is 13.1. The van der Waals surface area contributed by atoms with Crippen molar-refractivity contribution in [2.75, 3.05) is 11.4 Å². The summed E-state index contributed by atoms with van der Waals surface area (Å²) in [5.74, 6) is 0.0754. The van der Waals surface area contributed by atoms with E-state index in [1.54, 1.807) is 23.1 Å². The first-order chi connectivity index (χ1) is 9.56. The molecule has 1 heterocycles. The van der Waals surface area contributed by atoms with E-state index in [4.69, 9.17) is 0 Å². The second kappa shape index (κ2) is 6.13. The second-order valence-electron chi connectivity index (χ2n) is 4.40. The molecule has 0 fully saturated rings. The van der Waals surface area contributed by atoms with Crippen LogP contribution in [0.4, 0.5) is 5.69 Å². The third kappa shape index (κ3) is 2.88. The fourth-order valence-corrected chi connectivity index (χ4v) is 2.62. The highest BCUT2D eigenvalue weighted by atomic mass is 79.9. The number of carbonyl (C=O) groups excluding carboxylic acids is 1. The minimum absolute atomic E-state index is 0.0781. The quantitative estimate of drug-likeness (QED) is 0.926. The van der Waals surface area contributed by atoms with E-state index in [1.807, 2.05) is 36.7 Å². The van der Waals surface area contributed by atoms with Crippen LogP contribution in [0.15, 0.2) is 41.0 Å². The molecule has 1 N–H and O–H groups in total. The number of amides is 1. The lowest BCUT2D eigenvalue weighted by molar-refractivity contribution is 0.0979. The molecule has 0 saturated heterocycles. The molecule has 4 nitrogen and oxygen atoms in total. The molecule has 1 amide bonds. The lowest BCUT2D eigenvalue weighted by Gasteiger charge is -2.21. The Hall–Kier alpha value is -1.75. The van der Waals surface area contributed by atoms with Gasteiger partial charge in [-0.2, -0.15) is 0 Å². The first-order valence-electron chi connectivity index (χ1n) is 6.53. The van der Waals surface area contributed by atoms with Crippen LogP contribution in [0.2, 0.25) is 0 Å². The maximum atomic E-state index is 12.7. The first-order valence-corrected chi connectivity index (χ1v) is 7.32. The van der Waals surface area contributed by atoms with Gasteiger partial charge in [0.15, 0.2) is 0 Å². The molecule has 0 unspecified atom stereocenters. The zero-order chi connectivity index (χ0) is 14.7. The van der Waals surface area contributed by atoms with Crippen LogP contribution >= 0.6 is 15.9 Å². The lowest BCUT2D eigenvalue weighted by atomic mass is 10.2. The maximum absolute atomic E-state index is 12.7. The summed E-state index contributed by atoms with van der Waals surface area (Å²) >= 11 is 3.40. The fraction of sp³-hybridized carbons (Fsp3) is 0.267. The molecule has 1 aromatic carbocycles. The highest BCUT2D eigenvalue weighted by Crippen LogP contribution is 2.23. The van der Waals surface area contributed by atoms with Crippen LogP contribution in [0.25, 0.3) is 0 Å². The Labute approximate surface area is 126 Å². The molecular weight excluding hydrogens is 320 g/mol. The lowest BCUT2D eigenvalue weighted by Crippen LogP contribution is -2.32. The van der Waals surface area contributed by atoms with Crippen molar-refractivity contribution in [3.63, 3.8) is 0 Å². The van der Waals surface area contributed by atoms with E-state index in [0.29, 0.717) is 17.9 Å². The summed E-state index contributed by atoms with van der Waals surface area (Å²) in [5.41, 5.74) is 1.32. The van der Waals surface area contributed by atoms with E-state index < -0.39 is 0 Å². The minimum Gasteiger partial charge on any atom is -0.508 e. The van der Waals surface area contributed by atoms with Gasteiger partial charge in [-0.15, -0.1) is 0 Å². The first kappa shape index (κ1) is 14.7. The predicted octanol–water partition coefficient (Wildman–Crippen LogP) is 3.64. The smallest absolute Gasteiger partial charge is 0.274 e. The average Bonchev–Trinajstić information content (AvgIpc) is 2.81. The van der Waals surface area contributed by atoms with Crippen molar-refractivity contribution in [2.24, 2.45) is 0 Å². The number of aromatic nitrogens is 1. The maximum Gasteiger partial charge on any atom is 0.274 e. The van der Waals surface area contributed by atoms with E-state index >= 15 is 0 Å². The van der Waals surface area contributed by atoms with Gasteiger partial charge in [0.1, 0.15) is 11.4 Å². The van der Waals surface area contributed by atoms with Gasteiger partial charge >= 0.3 is 0 Å². The van der Waals surface area contributed by atoms with Gasteiger partial charge in [0.05, 0.1) is 0 Å². The molecule has 0 bridgehead atoms. The standard InChI is InChI=1S/C15H17BrN2O2/c1-3-17-10-11(16)8-14(17)15(20)18(4-2)12-6-5-7-13(19)9-12/h5-10,19H,3-4H2,1-2H3. The van der Waals surface area contributed by atoms with Crippen LogP contribution in [0.3, 0.4) is 0 Å². The molecule has 20 heavy (non-hydrogen) atoms. The highest BCUT2D eigenvalue weighted by molar-refractivity contribution is 9.10. The van der Waals surface area contributed by atoms with Crippen LogP contribution in [0.1, 0.15) is 24.3 Å². The van der Waals surface area contributed by atoms with Crippen molar-refractivity contribution in [1.82, 2.24) is 4.57 Å². The number of aryl methyl sites for hydroxylation is 1. The van der Waals surface area contributed by atoms with E-state index in [2.05, 4.69) is 15.9 Å². The summed E-state index contributed by atoms with van der Waals surface area (Å²) < 4.78 is 2.78. The van der Waals surface area contributed by atoms with Crippen molar-refractivity contribution in [2.45, 2.75) is 20.4 Å². The Balaban J connectivity index is 2.38. The zero-order valence-electron chi connectivity index (χ0n) is 11.5. The summed E-state index contributed by atoms with van der Waals surface area (Å²) in [6.45, 7) is 5.17. The number of phenols is 1. The molecule has 106 valence electrons. The minimum atomic E-state index is -0.0781. The van der Waals surface area contributed by atoms with Gasteiger partial charge in [0, 0.05) is 35.5 Å². The molecule has 2 aromatic rings. The molecule has 0 aliphatic rings. The number of hydrogen-bond donors (Lipinski definition) is 1. The molecular formula is C15H17BrN2O2. The van der Waals surface area contributed by atoms with E-state index in [9.17, 15) is 9.90 Å². The molecule has 0 aliphatic carbocycles. The molecule has 0 radical (unpaired) electrons. The molecule has 5 heteroatoms. The number of rotatable bonds is 4. The number of halogens is 1. The summed E-state index contributed by atoms with van der Waals surface area (Å²) in [5, 5.41) is 9.56. The number of phenolic OH excluding ortho intramolecular Hbond substituents is 1. The normalized spacial score (nSPS) is 10.6. The fourth-order valence-electron chi connectivity index (χ4n) is 2.16. The van der Waals surface area contributed by atoms with Gasteiger partial charge < -0.3 is 14.6 Å². The molecule has 0 saturated carbocycles. The number of aromatic hydroxyl groups is 1. The van der Waals surface area contributed by atoms with Gasteiger partial charge in [-0.1, -0.05) is 6.07 Å². The third-order valence-electron chi connectivity index (χ3n) is 3.13. The van der Waals surface area contributed by atoms with Crippen molar-refractivity contribution in [1.29, 1.82) is 0 Å². The predicted molar refractivity (Wildman–Crippen MR) is 83.3 cm³/mol. The molecule has 0 aliphatic heterocycles. The van der Waals surface area contributed by atoms with Crippen molar-refractivity contribution in [3.05, 3.63) is 46.7 Å². The Morgan fingerprint density at radius 2 is 2.10 bits per heavy atom. The number of nitrogens with zero attached hydrogens (tertiary/aromatic N) is 2. The Morgan fingerprint density at radius 3 is 2.70 bits per heavy atom. The summed E-state index contributed by atoms with van der Waals surface area (Å²) in [7, 11) is 0. The van der Waals surface area contributed by atoms with Crippen LogP contribution in [0.5, 0.6) is 5.75 Å². The average molecular weight is 337 g/mol. The van der Waals surface area contributed by atoms with Gasteiger partial charge in [-0.25, -0.2) is 0 Å². The highest BCUT2D eigenvalue weighted by Gasteiger charge is 2.20. The van der Waals surface area contributed by atoms with Crippen LogP contribution < -0.4 is 4.90 Å².